The maximum absolute atomic E-state index is 10.9. The van der Waals surface area contributed by atoms with Crippen LogP contribution in [0.5, 0.6) is 0 Å². The monoisotopic (exact) mass is 199 g/mol. The fourth-order valence-corrected chi connectivity index (χ4v) is 1.92. The molecule has 0 amide bonds. The highest BCUT2D eigenvalue weighted by Crippen LogP contribution is 2.36. The molecule has 0 heterocycles. The van der Waals surface area contributed by atoms with Crippen LogP contribution in [0.3, 0.4) is 0 Å². The van der Waals surface area contributed by atoms with Gasteiger partial charge in [-0.1, -0.05) is 19.8 Å². The Kier molecular flexibility index (Phi) is 4.39. The molecule has 0 aromatic rings. The number of nitrogens with two attached hydrogens (primary N) is 1. The highest BCUT2D eigenvalue weighted by molar-refractivity contribution is 5.69. The maximum Gasteiger partial charge on any atom is 0.307 e. The summed E-state index contributed by atoms with van der Waals surface area (Å²) in [5.74, 6) is 1.38. The summed E-state index contributed by atoms with van der Waals surface area (Å²) in [6.45, 7) is 2.22. The van der Waals surface area contributed by atoms with E-state index in [2.05, 4.69) is 11.7 Å². The van der Waals surface area contributed by atoms with E-state index >= 15 is 0 Å². The third kappa shape index (κ3) is 4.61. The van der Waals surface area contributed by atoms with E-state index in [9.17, 15) is 4.79 Å². The van der Waals surface area contributed by atoms with Gasteiger partial charge in [-0.2, -0.15) is 0 Å². The van der Waals surface area contributed by atoms with E-state index in [4.69, 9.17) is 5.73 Å². The van der Waals surface area contributed by atoms with Crippen LogP contribution in [-0.4, -0.2) is 19.1 Å². The van der Waals surface area contributed by atoms with Crippen molar-refractivity contribution in [2.75, 3.05) is 7.11 Å². The molecular weight excluding hydrogens is 178 g/mol. The quantitative estimate of drug-likeness (QED) is 0.662. The molecule has 1 rings (SSSR count). The summed E-state index contributed by atoms with van der Waals surface area (Å²) in [6.07, 6.45) is 5.33. The summed E-state index contributed by atoms with van der Waals surface area (Å²) < 4.78 is 4.58. The zero-order valence-corrected chi connectivity index (χ0v) is 9.16. The van der Waals surface area contributed by atoms with E-state index in [1.165, 1.54) is 26.4 Å². The molecule has 0 saturated heterocycles. The minimum atomic E-state index is -0.198. The van der Waals surface area contributed by atoms with Gasteiger partial charge in [-0.3, -0.25) is 4.79 Å². The first-order valence-corrected chi connectivity index (χ1v) is 5.44. The minimum Gasteiger partial charge on any atom is -0.469 e. The molecule has 1 aliphatic carbocycles. The van der Waals surface area contributed by atoms with Crippen LogP contribution in [0.4, 0.5) is 0 Å². The van der Waals surface area contributed by atoms with E-state index in [0.717, 1.165) is 12.3 Å². The molecule has 0 aliphatic heterocycles. The lowest BCUT2D eigenvalue weighted by Crippen LogP contribution is -2.26. The lowest BCUT2D eigenvalue weighted by Gasteiger charge is -2.15. The molecule has 1 aliphatic rings. The highest BCUT2D eigenvalue weighted by Gasteiger charge is 2.24. The van der Waals surface area contributed by atoms with E-state index in [1.54, 1.807) is 0 Å². The third-order valence-corrected chi connectivity index (χ3v) is 2.79. The Morgan fingerprint density at radius 3 is 2.71 bits per heavy atom. The Labute approximate surface area is 86.0 Å². The first kappa shape index (κ1) is 11.5. The number of hydrogen-bond donors (Lipinski definition) is 1. The fraction of sp³-hybridized carbons (Fsp3) is 0.909. The van der Waals surface area contributed by atoms with Crippen molar-refractivity contribution in [2.45, 2.75) is 45.1 Å². The first-order valence-electron chi connectivity index (χ1n) is 5.44. The van der Waals surface area contributed by atoms with Gasteiger partial charge in [0.25, 0.3) is 0 Å². The lowest BCUT2D eigenvalue weighted by molar-refractivity contribution is -0.141. The molecule has 2 N–H and O–H groups in total. The zero-order chi connectivity index (χ0) is 10.6. The van der Waals surface area contributed by atoms with Crippen LogP contribution in [0.2, 0.25) is 0 Å². The fourth-order valence-electron chi connectivity index (χ4n) is 1.92. The average Bonchev–Trinajstić information content (AvgIpc) is 2.87. The highest BCUT2D eigenvalue weighted by atomic mass is 16.5. The number of methoxy groups -OCH3 is 1. The lowest BCUT2D eigenvalue weighted by atomic mass is 9.95. The first-order chi connectivity index (χ1) is 6.61. The summed E-state index contributed by atoms with van der Waals surface area (Å²) >= 11 is 0. The van der Waals surface area contributed by atoms with Crippen LogP contribution in [-0.2, 0) is 9.53 Å². The van der Waals surface area contributed by atoms with E-state index in [-0.39, 0.29) is 12.0 Å². The summed E-state index contributed by atoms with van der Waals surface area (Å²) in [5.41, 5.74) is 5.85. The molecule has 0 spiro atoms. The molecule has 3 nitrogen and oxygen atoms in total. The summed E-state index contributed by atoms with van der Waals surface area (Å²) in [4.78, 5) is 10.9. The smallest absolute Gasteiger partial charge is 0.307 e. The van der Waals surface area contributed by atoms with Gasteiger partial charge in [-0.25, -0.2) is 0 Å². The zero-order valence-electron chi connectivity index (χ0n) is 9.16. The van der Waals surface area contributed by atoms with Gasteiger partial charge in [0.1, 0.15) is 0 Å². The topological polar surface area (TPSA) is 52.3 Å². The average molecular weight is 199 g/mol. The largest absolute Gasteiger partial charge is 0.469 e. The second-order valence-electron chi connectivity index (χ2n) is 4.56. The van der Waals surface area contributed by atoms with Crippen molar-refractivity contribution in [3.63, 3.8) is 0 Å². The number of esters is 1. The molecule has 82 valence electrons. The van der Waals surface area contributed by atoms with Crippen molar-refractivity contribution in [3.8, 4) is 0 Å². The Hall–Kier alpha value is -0.570. The van der Waals surface area contributed by atoms with Gasteiger partial charge in [0, 0.05) is 6.04 Å². The summed E-state index contributed by atoms with van der Waals surface area (Å²) in [6, 6.07) is -0.0313. The van der Waals surface area contributed by atoms with Gasteiger partial charge in [0.2, 0.25) is 0 Å². The Morgan fingerprint density at radius 1 is 1.57 bits per heavy atom. The van der Waals surface area contributed by atoms with Crippen LogP contribution in [0.1, 0.15) is 39.0 Å². The van der Waals surface area contributed by atoms with Crippen molar-refractivity contribution < 1.29 is 9.53 Å². The van der Waals surface area contributed by atoms with Crippen molar-refractivity contribution in [1.82, 2.24) is 0 Å². The molecule has 14 heavy (non-hydrogen) atoms. The third-order valence-electron chi connectivity index (χ3n) is 2.79. The van der Waals surface area contributed by atoms with E-state index in [0.29, 0.717) is 12.3 Å². The maximum atomic E-state index is 10.9. The van der Waals surface area contributed by atoms with Crippen LogP contribution >= 0.6 is 0 Å². The van der Waals surface area contributed by atoms with Gasteiger partial charge in [-0.15, -0.1) is 0 Å². The molecule has 3 heteroatoms. The Morgan fingerprint density at radius 2 is 2.21 bits per heavy atom. The number of ether oxygens (including phenoxy) is 1. The molecule has 2 unspecified atom stereocenters. The molecule has 1 fully saturated rings. The molecule has 1 saturated carbocycles. The number of rotatable bonds is 6. The summed E-state index contributed by atoms with van der Waals surface area (Å²) in [5, 5.41) is 0. The second-order valence-corrected chi connectivity index (χ2v) is 4.56. The van der Waals surface area contributed by atoms with Gasteiger partial charge in [-0.05, 0) is 24.7 Å². The van der Waals surface area contributed by atoms with Crippen LogP contribution in [0.15, 0.2) is 0 Å². The van der Waals surface area contributed by atoms with E-state index in [1.807, 2.05) is 0 Å². The van der Waals surface area contributed by atoms with Crippen molar-refractivity contribution in [3.05, 3.63) is 0 Å². The normalized spacial score (nSPS) is 20.2. The van der Waals surface area contributed by atoms with Crippen molar-refractivity contribution in [1.29, 1.82) is 0 Å². The van der Waals surface area contributed by atoms with Crippen molar-refractivity contribution >= 4 is 5.97 Å². The molecule has 2 atom stereocenters. The Balaban J connectivity index is 2.10. The van der Waals surface area contributed by atoms with E-state index < -0.39 is 0 Å². The van der Waals surface area contributed by atoms with Crippen LogP contribution in [0.25, 0.3) is 0 Å². The number of hydrogen-bond acceptors (Lipinski definition) is 3. The molecule has 0 aromatic carbocycles. The Bertz CT molecular complexity index is 190. The van der Waals surface area contributed by atoms with Crippen LogP contribution < -0.4 is 5.73 Å². The molecule has 0 aromatic heterocycles. The van der Waals surface area contributed by atoms with Gasteiger partial charge < -0.3 is 10.5 Å². The second kappa shape index (κ2) is 5.35. The van der Waals surface area contributed by atoms with Crippen molar-refractivity contribution in [2.24, 2.45) is 17.6 Å². The number of carbonyl (C=O) groups excluding carboxylic acids is 1. The minimum absolute atomic E-state index is 0.0313. The standard InChI is InChI=1S/C11H21NO2/c1-8(5-9-3-4-9)6-10(12)7-11(13)14-2/h8-10H,3-7,12H2,1-2H3. The summed E-state index contributed by atoms with van der Waals surface area (Å²) in [7, 11) is 1.41. The molecular formula is C11H21NO2. The predicted octanol–water partition coefficient (Wildman–Crippen LogP) is 1.70. The number of carbonyl (C=O) groups is 1. The molecule has 0 radical (unpaired) electrons. The SMILES string of the molecule is COC(=O)CC(N)CC(C)CC1CC1. The van der Waals surface area contributed by atoms with Gasteiger partial charge >= 0.3 is 5.97 Å². The van der Waals surface area contributed by atoms with Gasteiger partial charge in [0.15, 0.2) is 0 Å². The van der Waals surface area contributed by atoms with Crippen LogP contribution in [0, 0.1) is 11.8 Å². The molecule has 0 bridgehead atoms. The van der Waals surface area contributed by atoms with Gasteiger partial charge in [0.05, 0.1) is 13.5 Å². The predicted molar refractivity (Wildman–Crippen MR) is 55.7 cm³/mol.